The van der Waals surface area contributed by atoms with Crippen molar-refractivity contribution in [1.29, 1.82) is 0 Å². The number of fused-ring (bicyclic) bond motifs is 1. The van der Waals surface area contributed by atoms with Crippen molar-refractivity contribution in [2.45, 2.75) is 26.3 Å². The highest BCUT2D eigenvalue weighted by atomic mass is 35.5. The molecule has 0 saturated heterocycles. The summed E-state index contributed by atoms with van der Waals surface area (Å²) in [4.78, 5) is 0. The van der Waals surface area contributed by atoms with E-state index in [9.17, 15) is 0 Å². The Hall–Kier alpha value is -0.950. The van der Waals surface area contributed by atoms with Crippen molar-refractivity contribution < 1.29 is 0 Å². The molecule has 0 aromatic heterocycles. The summed E-state index contributed by atoms with van der Waals surface area (Å²) in [6.07, 6.45) is 2.17. The van der Waals surface area contributed by atoms with Gasteiger partial charge in [0.15, 0.2) is 0 Å². The lowest BCUT2D eigenvalue weighted by Gasteiger charge is -2.29. The van der Waals surface area contributed by atoms with E-state index in [1.807, 2.05) is 12.1 Å². The monoisotopic (exact) mass is 206 g/mol. The minimum absolute atomic E-state index is 0.137. The third-order valence-corrected chi connectivity index (χ3v) is 2.69. The zero-order valence-electron chi connectivity index (χ0n) is 8.63. The topological polar surface area (TPSA) is 14.1 Å². The largest absolute Gasteiger partial charge is 0.273 e. The van der Waals surface area contributed by atoms with Crippen molar-refractivity contribution >= 4 is 22.9 Å². The molecule has 0 unspecified atom stereocenters. The van der Waals surface area contributed by atoms with Crippen LogP contribution in [0.1, 0.15) is 26.3 Å². The van der Waals surface area contributed by atoms with Crippen molar-refractivity contribution in [3.05, 3.63) is 34.9 Å². The molecule has 0 N–H and O–H groups in total. The number of allylic oxidation sites excluding steroid dienone is 1. The highest BCUT2D eigenvalue weighted by Crippen LogP contribution is 2.37. The van der Waals surface area contributed by atoms with Crippen LogP contribution < -0.4 is 5.32 Å². The Balaban J connectivity index is 2.62. The van der Waals surface area contributed by atoms with E-state index in [2.05, 4.69) is 38.2 Å². The lowest BCUT2D eigenvalue weighted by Crippen LogP contribution is -2.30. The second-order valence-corrected chi connectivity index (χ2v) is 4.64. The quantitative estimate of drug-likeness (QED) is 0.614. The highest BCUT2D eigenvalue weighted by molar-refractivity contribution is 6.33. The van der Waals surface area contributed by atoms with Crippen LogP contribution in [0.2, 0.25) is 5.02 Å². The average Bonchev–Trinajstić information content (AvgIpc) is 2.05. The molecular weight excluding hydrogens is 194 g/mol. The lowest BCUT2D eigenvalue weighted by atomic mass is 9.91. The van der Waals surface area contributed by atoms with Crippen LogP contribution in [0.5, 0.6) is 0 Å². The van der Waals surface area contributed by atoms with Crippen molar-refractivity contribution in [2.24, 2.45) is 0 Å². The van der Waals surface area contributed by atoms with Crippen LogP contribution in [0.3, 0.4) is 0 Å². The molecule has 1 radical (unpaired) electrons. The third kappa shape index (κ3) is 1.53. The Morgan fingerprint density at radius 1 is 1.29 bits per heavy atom. The number of benzene rings is 1. The zero-order chi connectivity index (χ0) is 10.3. The molecule has 0 aliphatic carbocycles. The van der Waals surface area contributed by atoms with Gasteiger partial charge in [0, 0.05) is 5.56 Å². The number of hydrogen-bond acceptors (Lipinski definition) is 0. The molecule has 1 heterocycles. The molecule has 2 rings (SSSR count). The van der Waals surface area contributed by atoms with Gasteiger partial charge in [0.25, 0.3) is 0 Å². The fraction of sp³-hybridized carbons (Fsp3) is 0.333. The fourth-order valence-electron chi connectivity index (χ4n) is 1.88. The first-order valence-electron chi connectivity index (χ1n) is 4.71. The molecule has 1 aliphatic heterocycles. The van der Waals surface area contributed by atoms with Gasteiger partial charge >= 0.3 is 0 Å². The van der Waals surface area contributed by atoms with E-state index in [1.54, 1.807) is 0 Å². The van der Waals surface area contributed by atoms with Gasteiger partial charge < -0.3 is 0 Å². The standard InChI is InChI=1S/C12H13ClN/c1-8-7-12(2,3)14-11-9(8)5-4-6-10(11)13/h4-7H,1-3H3. The second kappa shape index (κ2) is 3.03. The predicted molar refractivity (Wildman–Crippen MR) is 61.0 cm³/mol. The Morgan fingerprint density at radius 2 is 2.00 bits per heavy atom. The van der Waals surface area contributed by atoms with E-state index >= 15 is 0 Å². The van der Waals surface area contributed by atoms with E-state index < -0.39 is 0 Å². The minimum Gasteiger partial charge on any atom is -0.273 e. The van der Waals surface area contributed by atoms with E-state index in [4.69, 9.17) is 11.6 Å². The number of hydrogen-bond donors (Lipinski definition) is 0. The molecule has 0 saturated carbocycles. The third-order valence-electron chi connectivity index (χ3n) is 2.38. The number of rotatable bonds is 0. The van der Waals surface area contributed by atoms with Crippen LogP contribution in [0.15, 0.2) is 24.3 Å². The smallest absolute Gasteiger partial charge is 0.0845 e. The molecule has 1 nitrogen and oxygen atoms in total. The van der Waals surface area contributed by atoms with Gasteiger partial charge in [-0.15, -0.1) is 0 Å². The fourth-order valence-corrected chi connectivity index (χ4v) is 2.09. The number of nitrogens with zero attached hydrogens (tertiary/aromatic N) is 1. The average molecular weight is 207 g/mol. The van der Waals surface area contributed by atoms with Crippen LogP contribution in [-0.4, -0.2) is 5.54 Å². The van der Waals surface area contributed by atoms with Crippen molar-refractivity contribution in [3.8, 4) is 0 Å². The van der Waals surface area contributed by atoms with E-state index in [0.717, 1.165) is 16.3 Å². The van der Waals surface area contributed by atoms with Crippen LogP contribution in [0.4, 0.5) is 5.69 Å². The van der Waals surface area contributed by atoms with Gasteiger partial charge in [0.05, 0.1) is 16.2 Å². The molecule has 1 aromatic carbocycles. The SMILES string of the molecule is CC1=CC(C)(C)[N]c2c(Cl)cccc21. The predicted octanol–water partition coefficient (Wildman–Crippen LogP) is 3.77. The van der Waals surface area contributed by atoms with Gasteiger partial charge in [-0.05, 0) is 32.4 Å². The van der Waals surface area contributed by atoms with Gasteiger partial charge in [-0.2, -0.15) is 0 Å². The van der Waals surface area contributed by atoms with Gasteiger partial charge in [0.1, 0.15) is 0 Å². The van der Waals surface area contributed by atoms with E-state index in [0.29, 0.717) is 0 Å². The van der Waals surface area contributed by atoms with Crippen LogP contribution in [-0.2, 0) is 0 Å². The molecule has 73 valence electrons. The highest BCUT2D eigenvalue weighted by Gasteiger charge is 2.25. The summed E-state index contributed by atoms with van der Waals surface area (Å²) in [7, 11) is 0. The van der Waals surface area contributed by atoms with E-state index in [1.165, 1.54) is 5.57 Å². The molecule has 1 aliphatic rings. The molecule has 0 amide bonds. The molecule has 2 heteroatoms. The first-order chi connectivity index (χ1) is 6.49. The zero-order valence-corrected chi connectivity index (χ0v) is 9.39. The van der Waals surface area contributed by atoms with Crippen LogP contribution >= 0.6 is 11.6 Å². The van der Waals surface area contributed by atoms with Crippen molar-refractivity contribution in [3.63, 3.8) is 0 Å². The van der Waals surface area contributed by atoms with Crippen molar-refractivity contribution in [1.82, 2.24) is 5.32 Å². The summed E-state index contributed by atoms with van der Waals surface area (Å²) >= 11 is 6.11. The van der Waals surface area contributed by atoms with Gasteiger partial charge in [-0.1, -0.05) is 29.8 Å². The molecule has 0 fully saturated rings. The molecule has 1 aromatic rings. The maximum absolute atomic E-state index is 6.11. The Morgan fingerprint density at radius 3 is 2.71 bits per heavy atom. The van der Waals surface area contributed by atoms with Gasteiger partial charge in [0.2, 0.25) is 0 Å². The molecule has 0 bridgehead atoms. The summed E-state index contributed by atoms with van der Waals surface area (Å²) < 4.78 is 0. The summed E-state index contributed by atoms with van der Waals surface area (Å²) in [5.41, 5.74) is 3.20. The normalized spacial score (nSPS) is 18.1. The summed E-state index contributed by atoms with van der Waals surface area (Å²) in [5, 5.41) is 5.36. The maximum atomic E-state index is 6.11. The number of para-hydroxylation sites is 1. The molecule has 0 atom stereocenters. The Bertz CT molecular complexity index is 405. The minimum atomic E-state index is -0.137. The number of halogens is 1. The summed E-state index contributed by atoms with van der Waals surface area (Å²) in [5.74, 6) is 0. The van der Waals surface area contributed by atoms with Crippen molar-refractivity contribution in [2.75, 3.05) is 0 Å². The molecular formula is C12H13ClN. The summed E-state index contributed by atoms with van der Waals surface area (Å²) in [6.45, 7) is 6.27. The second-order valence-electron chi connectivity index (χ2n) is 4.23. The maximum Gasteiger partial charge on any atom is 0.0845 e. The molecule has 0 spiro atoms. The first kappa shape index (κ1) is 9.60. The van der Waals surface area contributed by atoms with Crippen LogP contribution in [0, 0.1) is 0 Å². The van der Waals surface area contributed by atoms with Crippen LogP contribution in [0.25, 0.3) is 5.57 Å². The van der Waals surface area contributed by atoms with Gasteiger partial charge in [-0.25, -0.2) is 0 Å². The summed E-state index contributed by atoms with van der Waals surface area (Å²) in [6, 6.07) is 5.91. The molecule has 14 heavy (non-hydrogen) atoms. The first-order valence-corrected chi connectivity index (χ1v) is 5.09. The lowest BCUT2D eigenvalue weighted by molar-refractivity contribution is 0.544. The Kier molecular flexibility index (Phi) is 2.07. The Labute approximate surface area is 89.8 Å². The van der Waals surface area contributed by atoms with E-state index in [-0.39, 0.29) is 5.54 Å². The van der Waals surface area contributed by atoms with Gasteiger partial charge in [-0.3, -0.25) is 5.32 Å².